The minimum absolute atomic E-state index is 0.0254. The van der Waals surface area contributed by atoms with Crippen LogP contribution in [0.5, 0.6) is 5.75 Å². The van der Waals surface area contributed by atoms with Crippen molar-refractivity contribution in [2.45, 2.75) is 67.0 Å². The summed E-state index contributed by atoms with van der Waals surface area (Å²) in [6.45, 7) is 15.0. The predicted molar refractivity (Wildman–Crippen MR) is 82.8 cm³/mol. The van der Waals surface area contributed by atoms with Crippen LogP contribution in [0, 0.1) is 26.2 Å². The van der Waals surface area contributed by atoms with Crippen molar-refractivity contribution in [2.75, 3.05) is 0 Å². The fourth-order valence-electron chi connectivity index (χ4n) is 2.38. The molecule has 0 fully saturated rings. The summed E-state index contributed by atoms with van der Waals surface area (Å²) in [6.07, 6.45) is 0.948. The number of hydrogen-bond donors (Lipinski definition) is 1. The molecule has 0 aromatic heterocycles. The second-order valence-corrected chi connectivity index (χ2v) is 6.68. The zero-order valence-electron chi connectivity index (χ0n) is 13.5. The van der Waals surface area contributed by atoms with Crippen LogP contribution in [-0.2, 0) is 0 Å². The van der Waals surface area contributed by atoms with E-state index < -0.39 is 0 Å². The summed E-state index contributed by atoms with van der Waals surface area (Å²) in [6, 6.07) is 4.36. The van der Waals surface area contributed by atoms with Gasteiger partial charge in [-0.2, -0.15) is 0 Å². The second kappa shape index (κ2) is 5.96. The lowest BCUT2D eigenvalue weighted by molar-refractivity contribution is 0.0614. The topological polar surface area (TPSA) is 35.2 Å². The molecule has 2 N–H and O–H groups in total. The average Bonchev–Trinajstić information content (AvgIpc) is 2.29. The van der Waals surface area contributed by atoms with Crippen LogP contribution in [0.2, 0.25) is 0 Å². The smallest absolute Gasteiger partial charge is 0.123 e. The first kappa shape index (κ1) is 16.0. The highest BCUT2D eigenvalue weighted by atomic mass is 16.5. The molecule has 0 saturated carbocycles. The van der Waals surface area contributed by atoms with Crippen molar-refractivity contribution in [3.05, 3.63) is 28.8 Å². The van der Waals surface area contributed by atoms with E-state index in [9.17, 15) is 0 Å². The SMILES string of the molecule is CCC(N)C(Oc1cc(C)cc(C)c1C)C(C)(C)C. The molecule has 1 rings (SSSR count). The predicted octanol–water partition coefficient (Wildman–Crippen LogP) is 4.14. The maximum absolute atomic E-state index is 6.30. The minimum Gasteiger partial charge on any atom is -0.488 e. The standard InChI is InChI=1S/C17H29NO/c1-8-14(18)16(17(5,6)7)19-15-10-11(2)9-12(3)13(15)4/h9-10,14,16H,8,18H2,1-7H3. The van der Waals surface area contributed by atoms with Crippen LogP contribution in [-0.4, -0.2) is 12.1 Å². The molecule has 2 atom stereocenters. The Balaban J connectivity index is 3.10. The second-order valence-electron chi connectivity index (χ2n) is 6.68. The van der Waals surface area contributed by atoms with Crippen LogP contribution < -0.4 is 10.5 Å². The van der Waals surface area contributed by atoms with Crippen molar-refractivity contribution in [2.24, 2.45) is 11.1 Å². The van der Waals surface area contributed by atoms with Gasteiger partial charge in [-0.3, -0.25) is 0 Å². The molecule has 0 saturated heterocycles. The lowest BCUT2D eigenvalue weighted by atomic mass is 9.84. The van der Waals surface area contributed by atoms with E-state index in [4.69, 9.17) is 10.5 Å². The van der Waals surface area contributed by atoms with Crippen LogP contribution in [0.1, 0.15) is 50.8 Å². The number of aryl methyl sites for hydroxylation is 2. The Morgan fingerprint density at radius 1 is 1.16 bits per heavy atom. The fourth-order valence-corrected chi connectivity index (χ4v) is 2.38. The normalized spacial score (nSPS) is 15.2. The Bertz CT molecular complexity index is 432. The van der Waals surface area contributed by atoms with E-state index in [0.717, 1.165) is 12.2 Å². The summed E-state index contributed by atoms with van der Waals surface area (Å²) in [4.78, 5) is 0. The van der Waals surface area contributed by atoms with Gasteiger partial charge in [0.05, 0.1) is 0 Å². The van der Waals surface area contributed by atoms with Crippen molar-refractivity contribution < 1.29 is 4.74 Å². The maximum Gasteiger partial charge on any atom is 0.123 e. The van der Waals surface area contributed by atoms with Gasteiger partial charge in [0.2, 0.25) is 0 Å². The third kappa shape index (κ3) is 3.97. The summed E-state index contributed by atoms with van der Waals surface area (Å²) in [5.74, 6) is 0.973. The maximum atomic E-state index is 6.30. The molecule has 2 nitrogen and oxygen atoms in total. The highest BCUT2D eigenvalue weighted by Gasteiger charge is 2.31. The molecule has 2 unspecified atom stereocenters. The highest BCUT2D eigenvalue weighted by Crippen LogP contribution is 2.31. The van der Waals surface area contributed by atoms with Crippen LogP contribution in [0.3, 0.4) is 0 Å². The van der Waals surface area contributed by atoms with Crippen LogP contribution in [0.4, 0.5) is 0 Å². The molecule has 0 aliphatic heterocycles. The molecule has 0 radical (unpaired) electrons. The number of hydrogen-bond acceptors (Lipinski definition) is 2. The van der Waals surface area contributed by atoms with Gasteiger partial charge in [-0.15, -0.1) is 0 Å². The van der Waals surface area contributed by atoms with E-state index in [2.05, 4.69) is 60.6 Å². The number of rotatable bonds is 4. The number of nitrogens with two attached hydrogens (primary N) is 1. The largest absolute Gasteiger partial charge is 0.488 e. The number of ether oxygens (including phenoxy) is 1. The Morgan fingerprint density at radius 3 is 2.21 bits per heavy atom. The molecule has 2 heteroatoms. The van der Waals surface area contributed by atoms with Crippen molar-refractivity contribution in [3.8, 4) is 5.75 Å². The summed E-state index contributed by atoms with van der Waals surface area (Å²) in [5, 5.41) is 0. The Hall–Kier alpha value is -1.02. The fraction of sp³-hybridized carbons (Fsp3) is 0.647. The van der Waals surface area contributed by atoms with Crippen LogP contribution >= 0.6 is 0 Å². The molecular formula is C17H29NO. The molecule has 1 aromatic carbocycles. The lowest BCUT2D eigenvalue weighted by Crippen LogP contribution is -2.47. The van der Waals surface area contributed by atoms with Gasteiger partial charge < -0.3 is 10.5 Å². The first-order valence-electron chi connectivity index (χ1n) is 7.17. The monoisotopic (exact) mass is 263 g/mol. The first-order valence-corrected chi connectivity index (χ1v) is 7.17. The molecule has 0 heterocycles. The zero-order chi connectivity index (χ0) is 14.8. The van der Waals surface area contributed by atoms with Gasteiger partial charge in [-0.25, -0.2) is 0 Å². The van der Waals surface area contributed by atoms with Gasteiger partial charge in [0.25, 0.3) is 0 Å². The third-order valence-corrected chi connectivity index (χ3v) is 3.73. The lowest BCUT2D eigenvalue weighted by Gasteiger charge is -2.35. The van der Waals surface area contributed by atoms with E-state index in [1.54, 1.807) is 0 Å². The van der Waals surface area contributed by atoms with E-state index in [-0.39, 0.29) is 17.6 Å². The minimum atomic E-state index is 0.0254. The molecule has 0 aliphatic rings. The van der Waals surface area contributed by atoms with E-state index in [0.29, 0.717) is 0 Å². The van der Waals surface area contributed by atoms with Crippen molar-refractivity contribution in [1.29, 1.82) is 0 Å². The number of benzene rings is 1. The van der Waals surface area contributed by atoms with E-state index in [1.165, 1.54) is 16.7 Å². The van der Waals surface area contributed by atoms with Gasteiger partial charge in [-0.05, 0) is 49.9 Å². The van der Waals surface area contributed by atoms with E-state index in [1.807, 2.05) is 0 Å². The van der Waals surface area contributed by atoms with Gasteiger partial charge in [-0.1, -0.05) is 33.8 Å². The molecule has 0 spiro atoms. The first-order chi connectivity index (χ1) is 8.66. The molecule has 0 aliphatic carbocycles. The molecule has 1 aromatic rings. The van der Waals surface area contributed by atoms with Gasteiger partial charge >= 0.3 is 0 Å². The van der Waals surface area contributed by atoms with Crippen molar-refractivity contribution in [1.82, 2.24) is 0 Å². The van der Waals surface area contributed by atoms with Gasteiger partial charge in [0.1, 0.15) is 11.9 Å². The summed E-state index contributed by atoms with van der Waals surface area (Å²) in [5.41, 5.74) is 9.99. The Kier molecular flexibility index (Phi) is 5.03. The average molecular weight is 263 g/mol. The molecule has 108 valence electrons. The van der Waals surface area contributed by atoms with E-state index >= 15 is 0 Å². The van der Waals surface area contributed by atoms with Crippen LogP contribution in [0.15, 0.2) is 12.1 Å². The molecule has 19 heavy (non-hydrogen) atoms. The highest BCUT2D eigenvalue weighted by molar-refractivity contribution is 5.42. The molecule has 0 amide bonds. The molecular weight excluding hydrogens is 234 g/mol. The van der Waals surface area contributed by atoms with Gasteiger partial charge in [0.15, 0.2) is 0 Å². The van der Waals surface area contributed by atoms with Crippen molar-refractivity contribution in [3.63, 3.8) is 0 Å². The summed E-state index contributed by atoms with van der Waals surface area (Å²) < 4.78 is 6.30. The third-order valence-electron chi connectivity index (χ3n) is 3.73. The Morgan fingerprint density at radius 2 is 1.74 bits per heavy atom. The van der Waals surface area contributed by atoms with Crippen molar-refractivity contribution >= 4 is 0 Å². The summed E-state index contributed by atoms with van der Waals surface area (Å²) in [7, 11) is 0. The molecule has 0 bridgehead atoms. The quantitative estimate of drug-likeness (QED) is 0.886. The van der Waals surface area contributed by atoms with Crippen LogP contribution in [0.25, 0.3) is 0 Å². The van der Waals surface area contributed by atoms with Gasteiger partial charge in [0, 0.05) is 11.5 Å². The summed E-state index contributed by atoms with van der Waals surface area (Å²) >= 11 is 0. The Labute approximate surface area is 118 Å². The zero-order valence-corrected chi connectivity index (χ0v) is 13.5.